The Bertz CT molecular complexity index is 1850. The maximum Gasteiger partial charge on any atom is -0.00200 e. The monoisotopic (exact) mass is 510 g/mol. The molecule has 0 amide bonds. The number of aryl methyl sites for hydroxylation is 2. The van der Waals surface area contributed by atoms with Gasteiger partial charge in [0.05, 0.1) is 0 Å². The molecule has 0 saturated carbocycles. The third-order valence-corrected chi connectivity index (χ3v) is 7.99. The quantitative estimate of drug-likeness (QED) is 0.207. The minimum atomic E-state index is 1.23. The standard InChI is InChI=1S/C40H30/c1-27-21-23-35-37(25-27)39(33-19-11-9-17-31(33)29-13-5-3-6-14-29)36-24-22-28(2)26-38(36)40(35)34-20-12-10-18-32(34)30-15-7-4-8-16-30/h3-26H,1-2H3. The van der Waals surface area contributed by atoms with Crippen LogP contribution in [-0.4, -0.2) is 0 Å². The van der Waals surface area contributed by atoms with Crippen LogP contribution in [-0.2, 0) is 0 Å². The molecule has 190 valence electrons. The molecule has 0 N–H and O–H groups in total. The van der Waals surface area contributed by atoms with Gasteiger partial charge in [0.25, 0.3) is 0 Å². The average Bonchev–Trinajstić information content (AvgIpc) is 3.01. The van der Waals surface area contributed by atoms with Gasteiger partial charge in [-0.2, -0.15) is 0 Å². The van der Waals surface area contributed by atoms with Crippen LogP contribution in [0.3, 0.4) is 0 Å². The highest BCUT2D eigenvalue weighted by Gasteiger charge is 2.20. The molecule has 0 aliphatic carbocycles. The van der Waals surface area contributed by atoms with E-state index in [0.717, 1.165) is 0 Å². The van der Waals surface area contributed by atoms with E-state index in [-0.39, 0.29) is 0 Å². The Balaban J connectivity index is 1.65. The van der Waals surface area contributed by atoms with Gasteiger partial charge < -0.3 is 0 Å². The highest BCUT2D eigenvalue weighted by atomic mass is 14.2. The largest absolute Gasteiger partial charge is 0.0622 e. The summed E-state index contributed by atoms with van der Waals surface area (Å²) in [4.78, 5) is 0. The second-order valence-corrected chi connectivity index (χ2v) is 10.7. The number of benzene rings is 7. The number of fused-ring (bicyclic) bond motifs is 2. The third kappa shape index (κ3) is 4.10. The second-order valence-electron chi connectivity index (χ2n) is 10.7. The molecule has 0 nitrogen and oxygen atoms in total. The lowest BCUT2D eigenvalue weighted by Gasteiger charge is -2.22. The van der Waals surface area contributed by atoms with Crippen molar-refractivity contribution in [3.05, 3.63) is 157 Å². The van der Waals surface area contributed by atoms with Crippen molar-refractivity contribution in [1.82, 2.24) is 0 Å². The minimum Gasteiger partial charge on any atom is -0.0622 e. The summed E-state index contributed by atoms with van der Waals surface area (Å²) in [5.41, 5.74) is 12.6. The summed E-state index contributed by atoms with van der Waals surface area (Å²) in [6.07, 6.45) is 0. The van der Waals surface area contributed by atoms with E-state index in [1.165, 1.54) is 77.2 Å². The molecular formula is C40H30. The Morgan fingerprint density at radius 1 is 0.300 bits per heavy atom. The van der Waals surface area contributed by atoms with Crippen molar-refractivity contribution < 1.29 is 0 Å². The van der Waals surface area contributed by atoms with E-state index in [9.17, 15) is 0 Å². The molecular weight excluding hydrogens is 480 g/mol. The molecule has 0 heterocycles. The predicted molar refractivity (Wildman–Crippen MR) is 173 cm³/mol. The normalized spacial score (nSPS) is 11.2. The summed E-state index contributed by atoms with van der Waals surface area (Å²) in [6, 6.07) is 53.2. The van der Waals surface area contributed by atoms with Crippen LogP contribution in [0.2, 0.25) is 0 Å². The Hall–Kier alpha value is -4.94. The highest BCUT2D eigenvalue weighted by molar-refractivity contribution is 6.23. The second kappa shape index (κ2) is 9.98. The topological polar surface area (TPSA) is 0 Å². The molecule has 7 aromatic carbocycles. The van der Waals surface area contributed by atoms with Gasteiger partial charge in [0.15, 0.2) is 0 Å². The van der Waals surface area contributed by atoms with Gasteiger partial charge in [-0.05, 0) is 79.9 Å². The van der Waals surface area contributed by atoms with Crippen molar-refractivity contribution in [2.75, 3.05) is 0 Å². The van der Waals surface area contributed by atoms with Crippen LogP contribution in [0.4, 0.5) is 0 Å². The van der Waals surface area contributed by atoms with Crippen LogP contribution in [0.1, 0.15) is 11.1 Å². The lowest BCUT2D eigenvalue weighted by Crippen LogP contribution is -1.95. The Kier molecular flexibility index (Phi) is 6.02. The lowest BCUT2D eigenvalue weighted by atomic mass is 9.81. The van der Waals surface area contributed by atoms with Gasteiger partial charge in [0.1, 0.15) is 0 Å². The first-order valence-corrected chi connectivity index (χ1v) is 14.0. The number of hydrogen-bond acceptors (Lipinski definition) is 0. The fourth-order valence-corrected chi connectivity index (χ4v) is 6.18. The van der Waals surface area contributed by atoms with Gasteiger partial charge >= 0.3 is 0 Å². The summed E-state index contributed by atoms with van der Waals surface area (Å²) >= 11 is 0. The third-order valence-electron chi connectivity index (χ3n) is 7.99. The molecule has 0 aromatic heterocycles. The van der Waals surface area contributed by atoms with Crippen molar-refractivity contribution in [2.24, 2.45) is 0 Å². The molecule has 40 heavy (non-hydrogen) atoms. The maximum absolute atomic E-state index is 2.38. The Morgan fingerprint density at radius 3 is 1.05 bits per heavy atom. The van der Waals surface area contributed by atoms with Gasteiger partial charge in [0, 0.05) is 0 Å². The van der Waals surface area contributed by atoms with Crippen molar-refractivity contribution >= 4 is 21.5 Å². The van der Waals surface area contributed by atoms with Gasteiger partial charge in [0.2, 0.25) is 0 Å². The summed E-state index contributed by atoms with van der Waals surface area (Å²) < 4.78 is 0. The van der Waals surface area contributed by atoms with E-state index >= 15 is 0 Å². The maximum atomic E-state index is 2.38. The Labute approximate surface area is 236 Å². The van der Waals surface area contributed by atoms with Gasteiger partial charge in [-0.15, -0.1) is 0 Å². The molecule has 0 bridgehead atoms. The zero-order valence-corrected chi connectivity index (χ0v) is 22.9. The van der Waals surface area contributed by atoms with Crippen molar-refractivity contribution in [1.29, 1.82) is 0 Å². The van der Waals surface area contributed by atoms with Crippen LogP contribution in [0.15, 0.2) is 146 Å². The van der Waals surface area contributed by atoms with Crippen LogP contribution < -0.4 is 0 Å². The fraction of sp³-hybridized carbons (Fsp3) is 0.0500. The van der Waals surface area contributed by atoms with Crippen molar-refractivity contribution in [3.8, 4) is 44.5 Å². The van der Waals surface area contributed by atoms with E-state index < -0.39 is 0 Å². The van der Waals surface area contributed by atoms with E-state index in [1.807, 2.05) is 0 Å². The zero-order valence-electron chi connectivity index (χ0n) is 22.9. The summed E-state index contributed by atoms with van der Waals surface area (Å²) in [5.74, 6) is 0. The summed E-state index contributed by atoms with van der Waals surface area (Å²) in [5, 5.41) is 5.14. The Morgan fingerprint density at radius 2 is 0.650 bits per heavy atom. The summed E-state index contributed by atoms with van der Waals surface area (Å²) in [7, 11) is 0. The fourth-order valence-electron chi connectivity index (χ4n) is 6.18. The van der Waals surface area contributed by atoms with Crippen molar-refractivity contribution in [2.45, 2.75) is 13.8 Å². The highest BCUT2D eigenvalue weighted by Crippen LogP contribution is 2.48. The molecule has 7 rings (SSSR count). The molecule has 0 fully saturated rings. The molecule has 0 heteroatoms. The van der Waals surface area contributed by atoms with Crippen LogP contribution in [0.25, 0.3) is 66.1 Å². The number of rotatable bonds is 4. The van der Waals surface area contributed by atoms with E-state index in [1.54, 1.807) is 0 Å². The molecule has 0 spiro atoms. The van der Waals surface area contributed by atoms with Crippen molar-refractivity contribution in [3.63, 3.8) is 0 Å². The molecule has 0 unspecified atom stereocenters. The van der Waals surface area contributed by atoms with Crippen LogP contribution in [0, 0.1) is 13.8 Å². The van der Waals surface area contributed by atoms with E-state index in [2.05, 4.69) is 159 Å². The van der Waals surface area contributed by atoms with Gasteiger partial charge in [-0.25, -0.2) is 0 Å². The minimum absolute atomic E-state index is 1.23. The first-order chi connectivity index (χ1) is 19.7. The predicted octanol–water partition coefficient (Wildman–Crippen LogP) is 11.3. The lowest BCUT2D eigenvalue weighted by molar-refractivity contribution is 1.49. The molecule has 7 aromatic rings. The smallest absolute Gasteiger partial charge is 0.00200 e. The number of hydrogen-bond donors (Lipinski definition) is 0. The SMILES string of the molecule is Cc1ccc2c(-c3ccccc3-c3ccccc3)c3cc(C)ccc3c(-c3ccccc3-c3ccccc3)c2c1. The van der Waals surface area contributed by atoms with E-state index in [0.29, 0.717) is 0 Å². The van der Waals surface area contributed by atoms with Crippen LogP contribution in [0.5, 0.6) is 0 Å². The average molecular weight is 511 g/mol. The first kappa shape index (κ1) is 24.1. The molecule has 0 radical (unpaired) electrons. The molecule has 0 aliphatic heterocycles. The van der Waals surface area contributed by atoms with Gasteiger partial charge in [-0.3, -0.25) is 0 Å². The molecule has 0 atom stereocenters. The zero-order chi connectivity index (χ0) is 27.1. The molecule has 0 saturated heterocycles. The molecule has 0 aliphatic rings. The van der Waals surface area contributed by atoms with Gasteiger partial charge in [-0.1, -0.05) is 157 Å². The first-order valence-electron chi connectivity index (χ1n) is 14.0. The summed E-state index contributed by atoms with van der Waals surface area (Å²) in [6.45, 7) is 4.40. The van der Waals surface area contributed by atoms with E-state index in [4.69, 9.17) is 0 Å². The van der Waals surface area contributed by atoms with Crippen LogP contribution >= 0.6 is 0 Å².